The molecular formula is C16H15ClN2O. The van der Waals surface area contributed by atoms with Crippen LogP contribution in [0.3, 0.4) is 0 Å². The predicted molar refractivity (Wildman–Crippen MR) is 82.7 cm³/mol. The predicted octanol–water partition coefficient (Wildman–Crippen LogP) is 3.68. The molecule has 0 aromatic heterocycles. The Bertz CT molecular complexity index is 669. The summed E-state index contributed by atoms with van der Waals surface area (Å²) in [5.74, 6) is 0.767. The lowest BCUT2D eigenvalue weighted by Crippen LogP contribution is -2.37. The lowest BCUT2D eigenvalue weighted by atomic mass is 9.87. The summed E-state index contributed by atoms with van der Waals surface area (Å²) in [5.41, 5.74) is 2.26. The van der Waals surface area contributed by atoms with Crippen LogP contribution in [0.25, 0.3) is 0 Å². The second kappa shape index (κ2) is 4.93. The summed E-state index contributed by atoms with van der Waals surface area (Å²) >= 11 is 6.16. The van der Waals surface area contributed by atoms with Gasteiger partial charge in [-0.05, 0) is 23.8 Å². The third kappa shape index (κ3) is 1.74. The fourth-order valence-electron chi connectivity index (χ4n) is 2.76. The lowest BCUT2D eigenvalue weighted by Gasteiger charge is -2.29. The van der Waals surface area contributed by atoms with E-state index in [9.17, 15) is 0 Å². The zero-order valence-electron chi connectivity index (χ0n) is 11.4. The highest BCUT2D eigenvalue weighted by molar-refractivity contribution is 6.31. The van der Waals surface area contributed by atoms with Gasteiger partial charge in [-0.1, -0.05) is 41.9 Å². The van der Waals surface area contributed by atoms with Crippen molar-refractivity contribution >= 4 is 23.1 Å². The molecule has 0 bridgehead atoms. The van der Waals surface area contributed by atoms with Crippen molar-refractivity contribution in [2.45, 2.75) is 5.60 Å². The number of amidine groups is 1. The van der Waals surface area contributed by atoms with Crippen molar-refractivity contribution in [3.8, 4) is 0 Å². The van der Waals surface area contributed by atoms with E-state index in [1.165, 1.54) is 0 Å². The molecule has 0 spiro atoms. The molecule has 1 unspecified atom stereocenters. The molecule has 1 N–H and O–H groups in total. The number of fused-ring (bicyclic) bond motifs is 1. The van der Waals surface area contributed by atoms with Crippen LogP contribution < -0.4 is 5.32 Å². The Morgan fingerprint density at radius 3 is 2.55 bits per heavy atom. The number of hydrogen-bond acceptors (Lipinski definition) is 2. The molecule has 1 aliphatic rings. The number of ether oxygens (including phenoxy) is 1. The molecule has 1 heterocycles. The number of benzene rings is 2. The minimum Gasteiger partial charge on any atom is -0.361 e. The average Bonchev–Trinajstić information content (AvgIpc) is 2.82. The molecule has 1 aliphatic heterocycles. The van der Waals surface area contributed by atoms with Gasteiger partial charge in [0.2, 0.25) is 0 Å². The summed E-state index contributed by atoms with van der Waals surface area (Å²) in [6.45, 7) is 0. The van der Waals surface area contributed by atoms with E-state index < -0.39 is 5.60 Å². The van der Waals surface area contributed by atoms with Crippen LogP contribution in [0.4, 0.5) is 5.69 Å². The van der Waals surface area contributed by atoms with Crippen LogP contribution in [0, 0.1) is 0 Å². The fourth-order valence-corrected chi connectivity index (χ4v) is 2.93. The zero-order valence-corrected chi connectivity index (χ0v) is 12.1. The minimum absolute atomic E-state index is 0.681. The van der Waals surface area contributed by atoms with E-state index in [1.807, 2.05) is 48.5 Å². The molecule has 0 fully saturated rings. The van der Waals surface area contributed by atoms with Crippen LogP contribution in [-0.2, 0) is 10.3 Å². The van der Waals surface area contributed by atoms with Gasteiger partial charge in [-0.15, -0.1) is 0 Å². The van der Waals surface area contributed by atoms with E-state index >= 15 is 0 Å². The molecule has 2 aromatic carbocycles. The Balaban J connectivity index is 2.31. The molecule has 20 heavy (non-hydrogen) atoms. The Hall–Kier alpha value is -1.84. The maximum Gasteiger partial charge on any atom is 0.177 e. The van der Waals surface area contributed by atoms with E-state index in [2.05, 4.69) is 10.3 Å². The normalized spacial score (nSPS) is 22.6. The van der Waals surface area contributed by atoms with Gasteiger partial charge < -0.3 is 10.1 Å². The van der Waals surface area contributed by atoms with Crippen molar-refractivity contribution in [2.24, 2.45) is 4.99 Å². The van der Waals surface area contributed by atoms with Crippen molar-refractivity contribution in [2.75, 3.05) is 19.5 Å². The molecule has 0 saturated heterocycles. The Kier molecular flexibility index (Phi) is 3.24. The standard InChI is InChI=1S/C16H15ClN2O/c1-18-15-16(20-2,11-6-4-3-5-7-11)13-10-12(17)8-9-14(13)19-15/h3-10H,1-2H3,(H,18,19). The van der Waals surface area contributed by atoms with Crippen molar-refractivity contribution in [3.63, 3.8) is 0 Å². The third-order valence-corrected chi connectivity index (χ3v) is 3.89. The molecule has 4 heteroatoms. The maximum atomic E-state index is 6.16. The molecule has 0 saturated carbocycles. The Labute approximate surface area is 123 Å². The van der Waals surface area contributed by atoms with E-state index in [-0.39, 0.29) is 0 Å². The van der Waals surface area contributed by atoms with E-state index in [4.69, 9.17) is 16.3 Å². The highest BCUT2D eigenvalue weighted by atomic mass is 35.5. The van der Waals surface area contributed by atoms with E-state index in [0.717, 1.165) is 22.6 Å². The van der Waals surface area contributed by atoms with Gasteiger partial charge in [-0.25, -0.2) is 0 Å². The van der Waals surface area contributed by atoms with Gasteiger partial charge in [0, 0.05) is 30.4 Å². The van der Waals surface area contributed by atoms with Crippen molar-refractivity contribution in [1.82, 2.24) is 0 Å². The van der Waals surface area contributed by atoms with Crippen LogP contribution in [0.1, 0.15) is 11.1 Å². The first-order chi connectivity index (χ1) is 9.72. The summed E-state index contributed by atoms with van der Waals surface area (Å²) in [4.78, 5) is 4.37. The van der Waals surface area contributed by atoms with Gasteiger partial charge in [0.15, 0.2) is 5.60 Å². The Morgan fingerprint density at radius 2 is 1.90 bits per heavy atom. The second-order valence-electron chi connectivity index (χ2n) is 4.64. The second-order valence-corrected chi connectivity index (χ2v) is 5.07. The largest absolute Gasteiger partial charge is 0.361 e. The number of methoxy groups -OCH3 is 1. The molecule has 0 amide bonds. The van der Waals surface area contributed by atoms with Gasteiger partial charge in [-0.3, -0.25) is 4.99 Å². The monoisotopic (exact) mass is 286 g/mol. The van der Waals surface area contributed by atoms with Crippen molar-refractivity contribution in [3.05, 3.63) is 64.7 Å². The minimum atomic E-state index is -0.726. The van der Waals surface area contributed by atoms with Crippen molar-refractivity contribution < 1.29 is 4.74 Å². The van der Waals surface area contributed by atoms with Gasteiger partial charge in [0.25, 0.3) is 0 Å². The number of nitrogens with one attached hydrogen (secondary N) is 1. The summed E-state index contributed by atoms with van der Waals surface area (Å²) in [6, 6.07) is 15.8. The quantitative estimate of drug-likeness (QED) is 0.913. The van der Waals surface area contributed by atoms with Crippen LogP contribution in [0.15, 0.2) is 53.5 Å². The van der Waals surface area contributed by atoms with Gasteiger partial charge in [-0.2, -0.15) is 0 Å². The zero-order chi connectivity index (χ0) is 14.2. The molecule has 1 atom stereocenters. The van der Waals surface area contributed by atoms with Crippen molar-refractivity contribution in [1.29, 1.82) is 0 Å². The summed E-state index contributed by atoms with van der Waals surface area (Å²) in [5, 5.41) is 4.00. The van der Waals surface area contributed by atoms with Crippen LogP contribution >= 0.6 is 11.6 Å². The average molecular weight is 287 g/mol. The number of aliphatic imine (C=N–C) groups is 1. The third-order valence-electron chi connectivity index (χ3n) is 3.66. The molecular weight excluding hydrogens is 272 g/mol. The number of rotatable bonds is 2. The molecule has 102 valence electrons. The highest BCUT2D eigenvalue weighted by Crippen LogP contribution is 2.44. The van der Waals surface area contributed by atoms with Crippen LogP contribution in [0.2, 0.25) is 5.02 Å². The first-order valence-corrected chi connectivity index (χ1v) is 6.75. The summed E-state index contributed by atoms with van der Waals surface area (Å²) in [7, 11) is 3.45. The van der Waals surface area contributed by atoms with Gasteiger partial charge in [0.1, 0.15) is 5.84 Å². The van der Waals surface area contributed by atoms with Crippen LogP contribution in [-0.4, -0.2) is 20.0 Å². The van der Waals surface area contributed by atoms with E-state index in [0.29, 0.717) is 5.02 Å². The number of hydrogen-bond donors (Lipinski definition) is 1. The van der Waals surface area contributed by atoms with E-state index in [1.54, 1.807) is 14.2 Å². The maximum absolute atomic E-state index is 6.16. The molecule has 3 rings (SSSR count). The number of anilines is 1. The number of halogens is 1. The number of nitrogens with zero attached hydrogens (tertiary/aromatic N) is 1. The first-order valence-electron chi connectivity index (χ1n) is 6.37. The molecule has 3 nitrogen and oxygen atoms in total. The SMILES string of the molecule is CN=C1Nc2ccc(Cl)cc2C1(OC)c1ccccc1. The highest BCUT2D eigenvalue weighted by Gasteiger charge is 2.46. The molecule has 2 aromatic rings. The topological polar surface area (TPSA) is 33.6 Å². The van der Waals surface area contributed by atoms with Crippen LogP contribution in [0.5, 0.6) is 0 Å². The Morgan fingerprint density at radius 1 is 1.15 bits per heavy atom. The fraction of sp³-hybridized carbons (Fsp3) is 0.188. The summed E-state index contributed by atoms with van der Waals surface area (Å²) < 4.78 is 5.92. The first kappa shape index (κ1) is 13.2. The lowest BCUT2D eigenvalue weighted by molar-refractivity contribution is 0.0866. The summed E-state index contributed by atoms with van der Waals surface area (Å²) in [6.07, 6.45) is 0. The smallest absolute Gasteiger partial charge is 0.177 e. The van der Waals surface area contributed by atoms with Gasteiger partial charge >= 0.3 is 0 Å². The van der Waals surface area contributed by atoms with Gasteiger partial charge in [0.05, 0.1) is 0 Å². The molecule has 0 aliphatic carbocycles. The molecule has 0 radical (unpaired) electrons.